The van der Waals surface area contributed by atoms with Gasteiger partial charge in [-0.2, -0.15) is 0 Å². The molecule has 0 saturated carbocycles. The molecule has 0 amide bonds. The van der Waals surface area contributed by atoms with Crippen LogP contribution in [0.4, 0.5) is 0 Å². The molecule has 2 atom stereocenters. The first-order chi connectivity index (χ1) is 6.61. The summed E-state index contributed by atoms with van der Waals surface area (Å²) in [6.45, 7) is 6.72. The molecule has 0 bridgehead atoms. The Labute approximate surface area is 86.8 Å². The van der Waals surface area contributed by atoms with Crippen molar-refractivity contribution in [2.45, 2.75) is 26.0 Å². The summed E-state index contributed by atoms with van der Waals surface area (Å²) < 4.78 is 10.1. The van der Waals surface area contributed by atoms with Crippen molar-refractivity contribution in [2.75, 3.05) is 40.5 Å². The first-order valence-electron chi connectivity index (χ1n) is 5.01. The van der Waals surface area contributed by atoms with E-state index in [1.54, 1.807) is 21.1 Å². The molecule has 1 N–H and O–H groups in total. The van der Waals surface area contributed by atoms with Gasteiger partial charge in [0.25, 0.3) is 0 Å². The van der Waals surface area contributed by atoms with Crippen LogP contribution in [0.2, 0.25) is 0 Å². The summed E-state index contributed by atoms with van der Waals surface area (Å²) in [5.41, 5.74) is 0. The van der Waals surface area contributed by atoms with Crippen molar-refractivity contribution in [2.24, 2.45) is 0 Å². The maximum Gasteiger partial charge on any atom is 0.0639 e. The predicted octanol–water partition coefficient (Wildman–Crippen LogP) is 0.351. The first kappa shape index (κ1) is 13.8. The summed E-state index contributed by atoms with van der Waals surface area (Å²) in [7, 11) is 3.37. The standard InChI is InChI=1S/C10H23NO3/c1-9(8-14-4)11(5-6-13-3)7-10(2)12/h9-10,12H,5-8H2,1-4H3/t9?,10-/m1/s1. The third kappa shape index (κ3) is 6.32. The van der Waals surface area contributed by atoms with E-state index in [2.05, 4.69) is 11.8 Å². The lowest BCUT2D eigenvalue weighted by Crippen LogP contribution is -2.42. The van der Waals surface area contributed by atoms with Crippen LogP contribution in [0.15, 0.2) is 0 Å². The molecule has 0 aromatic rings. The molecule has 0 aromatic carbocycles. The average molecular weight is 205 g/mol. The highest BCUT2D eigenvalue weighted by Crippen LogP contribution is 2.01. The van der Waals surface area contributed by atoms with E-state index in [0.717, 1.165) is 6.54 Å². The number of ether oxygens (including phenoxy) is 2. The SMILES string of the molecule is COCCN(C[C@@H](C)O)C(C)COC. The molecular formula is C10H23NO3. The summed E-state index contributed by atoms with van der Waals surface area (Å²) in [6.07, 6.45) is -0.314. The Morgan fingerprint density at radius 1 is 1.21 bits per heavy atom. The van der Waals surface area contributed by atoms with Gasteiger partial charge in [0, 0.05) is 33.4 Å². The Bertz CT molecular complexity index is 131. The van der Waals surface area contributed by atoms with Crippen molar-refractivity contribution in [3.63, 3.8) is 0 Å². The number of aliphatic hydroxyl groups excluding tert-OH is 1. The van der Waals surface area contributed by atoms with Gasteiger partial charge in [0.05, 0.1) is 19.3 Å². The zero-order valence-corrected chi connectivity index (χ0v) is 9.69. The summed E-state index contributed by atoms with van der Waals surface area (Å²) in [4.78, 5) is 2.16. The fraction of sp³-hybridized carbons (Fsp3) is 1.00. The molecule has 0 fully saturated rings. The summed E-state index contributed by atoms with van der Waals surface area (Å²) in [5, 5.41) is 9.32. The second-order valence-corrected chi connectivity index (χ2v) is 3.64. The number of nitrogens with zero attached hydrogens (tertiary/aromatic N) is 1. The van der Waals surface area contributed by atoms with Gasteiger partial charge in [0.2, 0.25) is 0 Å². The number of hydrogen-bond donors (Lipinski definition) is 1. The van der Waals surface area contributed by atoms with E-state index in [0.29, 0.717) is 25.8 Å². The lowest BCUT2D eigenvalue weighted by atomic mass is 10.2. The Hall–Kier alpha value is -0.160. The van der Waals surface area contributed by atoms with E-state index in [1.807, 2.05) is 0 Å². The van der Waals surface area contributed by atoms with Crippen molar-refractivity contribution in [1.82, 2.24) is 4.90 Å². The van der Waals surface area contributed by atoms with Crippen molar-refractivity contribution in [3.05, 3.63) is 0 Å². The molecule has 14 heavy (non-hydrogen) atoms. The van der Waals surface area contributed by atoms with Crippen LogP contribution in [0.25, 0.3) is 0 Å². The van der Waals surface area contributed by atoms with Gasteiger partial charge in [-0.15, -0.1) is 0 Å². The minimum absolute atomic E-state index is 0.310. The third-order valence-electron chi connectivity index (χ3n) is 2.11. The molecule has 0 aliphatic carbocycles. The number of rotatable bonds is 8. The Balaban J connectivity index is 3.94. The zero-order valence-electron chi connectivity index (χ0n) is 9.69. The molecule has 0 spiro atoms. The van der Waals surface area contributed by atoms with Crippen LogP contribution in [0.5, 0.6) is 0 Å². The molecule has 0 saturated heterocycles. The van der Waals surface area contributed by atoms with Crippen molar-refractivity contribution in [3.8, 4) is 0 Å². The Morgan fingerprint density at radius 3 is 2.29 bits per heavy atom. The lowest BCUT2D eigenvalue weighted by molar-refractivity contribution is 0.0442. The highest BCUT2D eigenvalue weighted by molar-refractivity contribution is 4.68. The van der Waals surface area contributed by atoms with Gasteiger partial charge in [0.1, 0.15) is 0 Å². The maximum absolute atomic E-state index is 9.32. The fourth-order valence-corrected chi connectivity index (χ4v) is 1.39. The summed E-state index contributed by atoms with van der Waals surface area (Å²) in [5.74, 6) is 0. The third-order valence-corrected chi connectivity index (χ3v) is 2.11. The second kappa shape index (κ2) is 8.17. The van der Waals surface area contributed by atoms with Crippen LogP contribution in [0.3, 0.4) is 0 Å². The van der Waals surface area contributed by atoms with Gasteiger partial charge in [-0.3, -0.25) is 4.90 Å². The van der Waals surface area contributed by atoms with Gasteiger partial charge in [-0.05, 0) is 13.8 Å². The smallest absolute Gasteiger partial charge is 0.0639 e. The summed E-state index contributed by atoms with van der Waals surface area (Å²) in [6, 6.07) is 0.310. The van der Waals surface area contributed by atoms with Crippen LogP contribution in [0, 0.1) is 0 Å². The quantitative estimate of drug-likeness (QED) is 0.621. The van der Waals surface area contributed by atoms with E-state index < -0.39 is 0 Å². The van der Waals surface area contributed by atoms with Gasteiger partial charge in [-0.1, -0.05) is 0 Å². The van der Waals surface area contributed by atoms with E-state index in [1.165, 1.54) is 0 Å². The molecular weight excluding hydrogens is 182 g/mol. The molecule has 1 unspecified atom stereocenters. The van der Waals surface area contributed by atoms with Crippen LogP contribution in [-0.2, 0) is 9.47 Å². The highest BCUT2D eigenvalue weighted by Gasteiger charge is 2.14. The molecule has 0 rings (SSSR count). The molecule has 4 nitrogen and oxygen atoms in total. The summed E-state index contributed by atoms with van der Waals surface area (Å²) >= 11 is 0. The van der Waals surface area contributed by atoms with Gasteiger partial charge in [0.15, 0.2) is 0 Å². The first-order valence-corrected chi connectivity index (χ1v) is 5.01. The second-order valence-electron chi connectivity index (χ2n) is 3.64. The van der Waals surface area contributed by atoms with Gasteiger partial charge >= 0.3 is 0 Å². The largest absolute Gasteiger partial charge is 0.392 e. The molecule has 86 valence electrons. The molecule has 0 aliphatic heterocycles. The van der Waals surface area contributed by atoms with E-state index >= 15 is 0 Å². The van der Waals surface area contributed by atoms with Crippen LogP contribution in [0.1, 0.15) is 13.8 Å². The minimum atomic E-state index is -0.314. The molecule has 0 heterocycles. The minimum Gasteiger partial charge on any atom is -0.392 e. The van der Waals surface area contributed by atoms with Crippen molar-refractivity contribution >= 4 is 0 Å². The van der Waals surface area contributed by atoms with E-state index in [4.69, 9.17) is 9.47 Å². The normalized spacial score (nSPS) is 15.9. The average Bonchev–Trinajstić information content (AvgIpc) is 2.12. The predicted molar refractivity (Wildman–Crippen MR) is 56.5 cm³/mol. The van der Waals surface area contributed by atoms with Gasteiger partial charge < -0.3 is 14.6 Å². The molecule has 4 heteroatoms. The zero-order chi connectivity index (χ0) is 11.0. The fourth-order valence-electron chi connectivity index (χ4n) is 1.39. The van der Waals surface area contributed by atoms with Crippen molar-refractivity contribution < 1.29 is 14.6 Å². The number of methoxy groups -OCH3 is 2. The maximum atomic E-state index is 9.32. The topological polar surface area (TPSA) is 41.9 Å². The molecule has 0 aliphatic rings. The lowest BCUT2D eigenvalue weighted by Gasteiger charge is -2.29. The number of hydrogen-bond acceptors (Lipinski definition) is 4. The van der Waals surface area contributed by atoms with Crippen molar-refractivity contribution in [1.29, 1.82) is 0 Å². The highest BCUT2D eigenvalue weighted by atomic mass is 16.5. The number of aliphatic hydroxyl groups is 1. The van der Waals surface area contributed by atoms with Crippen LogP contribution >= 0.6 is 0 Å². The van der Waals surface area contributed by atoms with Crippen LogP contribution in [-0.4, -0.2) is 62.7 Å². The van der Waals surface area contributed by atoms with E-state index in [9.17, 15) is 5.11 Å². The molecule has 0 aromatic heterocycles. The van der Waals surface area contributed by atoms with E-state index in [-0.39, 0.29) is 6.10 Å². The molecule has 0 radical (unpaired) electrons. The van der Waals surface area contributed by atoms with Gasteiger partial charge in [-0.25, -0.2) is 0 Å². The monoisotopic (exact) mass is 205 g/mol. The van der Waals surface area contributed by atoms with Crippen LogP contribution < -0.4 is 0 Å². The Morgan fingerprint density at radius 2 is 1.86 bits per heavy atom. The Kier molecular flexibility index (Phi) is 8.08.